The van der Waals surface area contributed by atoms with Crippen LogP contribution in [-0.2, 0) is 11.2 Å². The van der Waals surface area contributed by atoms with Gasteiger partial charge in [-0.2, -0.15) is 0 Å². The van der Waals surface area contributed by atoms with Crippen LogP contribution in [0.4, 0.5) is 5.82 Å². The predicted molar refractivity (Wildman–Crippen MR) is 84.4 cm³/mol. The van der Waals surface area contributed by atoms with Gasteiger partial charge in [0.05, 0.1) is 18.7 Å². The average Bonchev–Trinajstić information content (AvgIpc) is 3.19. The molecule has 122 valence electrons. The Morgan fingerprint density at radius 2 is 2.35 bits per heavy atom. The summed E-state index contributed by atoms with van der Waals surface area (Å²) in [7, 11) is 3.86. The summed E-state index contributed by atoms with van der Waals surface area (Å²) in [6, 6.07) is 5.47. The van der Waals surface area contributed by atoms with E-state index in [1.54, 1.807) is 12.3 Å². The van der Waals surface area contributed by atoms with Crippen LogP contribution in [0.5, 0.6) is 5.75 Å². The number of nitrogens with zero attached hydrogens (tertiary/aromatic N) is 4. The van der Waals surface area contributed by atoms with E-state index >= 15 is 0 Å². The zero-order valence-corrected chi connectivity index (χ0v) is 13.3. The Balaban J connectivity index is 1.59. The van der Waals surface area contributed by atoms with Gasteiger partial charge in [-0.1, -0.05) is 5.16 Å². The molecule has 1 amide bonds. The average molecular weight is 316 g/mol. The van der Waals surface area contributed by atoms with Crippen molar-refractivity contribution < 1.29 is 14.1 Å². The highest BCUT2D eigenvalue weighted by atomic mass is 16.5. The minimum Gasteiger partial charge on any atom is -0.485 e. The topological polar surface area (TPSA) is 71.7 Å². The van der Waals surface area contributed by atoms with E-state index in [-0.39, 0.29) is 18.4 Å². The maximum absolute atomic E-state index is 12.3. The first kappa shape index (κ1) is 15.3. The van der Waals surface area contributed by atoms with E-state index in [0.29, 0.717) is 18.8 Å². The van der Waals surface area contributed by atoms with Crippen molar-refractivity contribution in [3.05, 3.63) is 36.4 Å². The molecule has 0 spiro atoms. The SMILES string of the molecule is CN(C)c1ncccc1O[C@@H]1CCN(C(=O)Cc2ccon2)C1. The van der Waals surface area contributed by atoms with E-state index < -0.39 is 0 Å². The molecule has 0 N–H and O–H groups in total. The number of rotatable bonds is 5. The number of aromatic nitrogens is 2. The lowest BCUT2D eigenvalue weighted by atomic mass is 10.3. The first-order valence-corrected chi connectivity index (χ1v) is 7.59. The number of anilines is 1. The fourth-order valence-corrected chi connectivity index (χ4v) is 2.64. The van der Waals surface area contributed by atoms with Crippen LogP contribution in [0.3, 0.4) is 0 Å². The highest BCUT2D eigenvalue weighted by molar-refractivity contribution is 5.78. The number of amides is 1. The molecule has 2 aromatic rings. The molecule has 2 aromatic heterocycles. The quantitative estimate of drug-likeness (QED) is 0.829. The summed E-state index contributed by atoms with van der Waals surface area (Å²) < 4.78 is 10.8. The minimum atomic E-state index is -0.0147. The highest BCUT2D eigenvalue weighted by Gasteiger charge is 2.28. The Morgan fingerprint density at radius 3 is 3.09 bits per heavy atom. The molecule has 0 bridgehead atoms. The van der Waals surface area contributed by atoms with Crippen LogP contribution in [0.2, 0.25) is 0 Å². The number of ether oxygens (including phenoxy) is 1. The molecule has 0 saturated carbocycles. The van der Waals surface area contributed by atoms with Gasteiger partial charge < -0.3 is 19.1 Å². The van der Waals surface area contributed by atoms with Crippen molar-refractivity contribution in [3.63, 3.8) is 0 Å². The van der Waals surface area contributed by atoms with Gasteiger partial charge in [0.2, 0.25) is 5.91 Å². The first-order valence-electron chi connectivity index (χ1n) is 7.59. The summed E-state index contributed by atoms with van der Waals surface area (Å²) in [4.78, 5) is 20.3. The van der Waals surface area contributed by atoms with Crippen LogP contribution in [0.25, 0.3) is 0 Å². The lowest BCUT2D eigenvalue weighted by Gasteiger charge is -2.20. The lowest BCUT2D eigenvalue weighted by molar-refractivity contribution is -0.129. The molecule has 1 atom stereocenters. The van der Waals surface area contributed by atoms with Gasteiger partial charge in [-0.3, -0.25) is 4.79 Å². The Bertz CT molecular complexity index is 657. The molecule has 23 heavy (non-hydrogen) atoms. The van der Waals surface area contributed by atoms with Gasteiger partial charge in [0.1, 0.15) is 12.4 Å². The fourth-order valence-electron chi connectivity index (χ4n) is 2.64. The highest BCUT2D eigenvalue weighted by Crippen LogP contribution is 2.26. The lowest BCUT2D eigenvalue weighted by Crippen LogP contribution is -2.32. The van der Waals surface area contributed by atoms with Gasteiger partial charge >= 0.3 is 0 Å². The monoisotopic (exact) mass is 316 g/mol. The molecule has 1 saturated heterocycles. The first-order chi connectivity index (χ1) is 11.1. The van der Waals surface area contributed by atoms with Crippen LogP contribution < -0.4 is 9.64 Å². The zero-order chi connectivity index (χ0) is 16.2. The number of hydrogen-bond acceptors (Lipinski definition) is 6. The van der Waals surface area contributed by atoms with Crippen molar-refractivity contribution in [2.24, 2.45) is 0 Å². The third kappa shape index (κ3) is 3.61. The van der Waals surface area contributed by atoms with Gasteiger partial charge in [0, 0.05) is 39.3 Å². The molecular weight excluding hydrogens is 296 g/mol. The number of hydrogen-bond donors (Lipinski definition) is 0. The zero-order valence-electron chi connectivity index (χ0n) is 13.3. The van der Waals surface area contributed by atoms with Crippen molar-refractivity contribution in [1.29, 1.82) is 0 Å². The normalized spacial score (nSPS) is 17.3. The molecule has 7 heteroatoms. The molecule has 0 radical (unpaired) electrons. The number of carbonyl (C=O) groups is 1. The van der Waals surface area contributed by atoms with E-state index in [9.17, 15) is 4.79 Å². The Labute approximate surface area is 134 Å². The molecule has 0 unspecified atom stereocenters. The summed E-state index contributed by atoms with van der Waals surface area (Å²) in [5, 5.41) is 3.78. The second-order valence-electron chi connectivity index (χ2n) is 5.76. The van der Waals surface area contributed by atoms with Gasteiger partial charge in [-0.15, -0.1) is 0 Å². The summed E-state index contributed by atoms with van der Waals surface area (Å²) in [5.41, 5.74) is 0.654. The third-order valence-corrected chi connectivity index (χ3v) is 3.79. The molecule has 3 rings (SSSR count). The van der Waals surface area contributed by atoms with Gasteiger partial charge in [0.15, 0.2) is 11.6 Å². The van der Waals surface area contributed by atoms with Crippen LogP contribution >= 0.6 is 0 Å². The Hall–Kier alpha value is -2.57. The van der Waals surface area contributed by atoms with Crippen LogP contribution in [0.1, 0.15) is 12.1 Å². The largest absolute Gasteiger partial charge is 0.485 e. The fraction of sp³-hybridized carbons (Fsp3) is 0.438. The second-order valence-corrected chi connectivity index (χ2v) is 5.76. The summed E-state index contributed by atoms with van der Waals surface area (Å²) in [6.07, 6.45) is 4.28. The standard InChI is InChI=1S/C16H20N4O3/c1-19(2)16-14(4-3-7-17-16)23-13-5-8-20(11-13)15(21)10-12-6-9-22-18-12/h3-4,6-7,9,13H,5,8,10-11H2,1-2H3/t13-/m1/s1. The van der Waals surface area contributed by atoms with E-state index in [4.69, 9.17) is 9.26 Å². The van der Waals surface area contributed by atoms with E-state index in [1.807, 2.05) is 36.0 Å². The van der Waals surface area contributed by atoms with Crippen LogP contribution in [-0.4, -0.2) is 54.2 Å². The van der Waals surface area contributed by atoms with E-state index in [0.717, 1.165) is 18.0 Å². The molecule has 3 heterocycles. The van der Waals surface area contributed by atoms with E-state index in [1.165, 1.54) is 6.26 Å². The Kier molecular flexibility index (Phi) is 4.45. The van der Waals surface area contributed by atoms with Crippen molar-refractivity contribution in [3.8, 4) is 5.75 Å². The molecule has 1 fully saturated rings. The summed E-state index contributed by atoms with van der Waals surface area (Å²) in [5.74, 6) is 1.58. The Morgan fingerprint density at radius 1 is 1.48 bits per heavy atom. The number of carbonyl (C=O) groups excluding carboxylic acids is 1. The second kappa shape index (κ2) is 6.68. The van der Waals surface area contributed by atoms with E-state index in [2.05, 4.69) is 10.1 Å². The summed E-state index contributed by atoms with van der Waals surface area (Å²) in [6.45, 7) is 1.28. The maximum atomic E-state index is 12.3. The molecular formula is C16H20N4O3. The predicted octanol–water partition coefficient (Wildman–Crippen LogP) is 1.36. The minimum absolute atomic E-state index is 0.0147. The number of pyridine rings is 1. The van der Waals surface area contributed by atoms with Crippen molar-refractivity contribution >= 4 is 11.7 Å². The molecule has 1 aliphatic heterocycles. The molecule has 1 aliphatic rings. The summed E-state index contributed by atoms with van der Waals surface area (Å²) >= 11 is 0. The smallest absolute Gasteiger partial charge is 0.228 e. The molecule has 0 aromatic carbocycles. The van der Waals surface area contributed by atoms with Gasteiger partial charge in [-0.25, -0.2) is 4.98 Å². The van der Waals surface area contributed by atoms with Gasteiger partial charge in [0.25, 0.3) is 0 Å². The molecule has 7 nitrogen and oxygen atoms in total. The van der Waals surface area contributed by atoms with Crippen molar-refractivity contribution in [2.45, 2.75) is 18.9 Å². The maximum Gasteiger partial charge on any atom is 0.228 e. The van der Waals surface area contributed by atoms with Crippen molar-refractivity contribution in [2.75, 3.05) is 32.1 Å². The molecule has 0 aliphatic carbocycles. The third-order valence-electron chi connectivity index (χ3n) is 3.79. The van der Waals surface area contributed by atoms with Crippen LogP contribution in [0.15, 0.2) is 35.2 Å². The van der Waals surface area contributed by atoms with Crippen LogP contribution in [0, 0.1) is 0 Å². The van der Waals surface area contributed by atoms with Crippen molar-refractivity contribution in [1.82, 2.24) is 15.0 Å². The van der Waals surface area contributed by atoms with Gasteiger partial charge in [-0.05, 0) is 12.1 Å². The number of likely N-dealkylation sites (tertiary alicyclic amines) is 1.